The van der Waals surface area contributed by atoms with E-state index in [-0.39, 0.29) is 16.7 Å². The standard InChI is InChI=1S/C16H15ClN3O3S/c1-9(21)18-10-3-5-11(6-4-10)19-16(24)20-13-7-12(17)14(22)8-15(13)23-2/h3-8H,1-2H3,(H,18,21)(H2,19,20,24). The molecule has 2 aromatic rings. The number of amides is 1. The third kappa shape index (κ3) is 4.74. The predicted octanol–water partition coefficient (Wildman–Crippen LogP) is 4.26. The summed E-state index contributed by atoms with van der Waals surface area (Å²) < 4.78 is 5.14. The average Bonchev–Trinajstić information content (AvgIpc) is 2.52. The quantitative estimate of drug-likeness (QED) is 0.706. The van der Waals surface area contributed by atoms with E-state index in [1.54, 1.807) is 24.3 Å². The van der Waals surface area contributed by atoms with Crippen molar-refractivity contribution < 1.29 is 14.6 Å². The van der Waals surface area contributed by atoms with Crippen LogP contribution in [0.3, 0.4) is 0 Å². The van der Waals surface area contributed by atoms with E-state index in [0.717, 1.165) is 5.69 Å². The van der Waals surface area contributed by atoms with E-state index < -0.39 is 0 Å². The maximum atomic E-state index is 11.5. The van der Waals surface area contributed by atoms with E-state index in [1.165, 1.54) is 26.2 Å². The van der Waals surface area contributed by atoms with Gasteiger partial charge in [0.2, 0.25) is 11.7 Å². The molecule has 125 valence electrons. The van der Waals surface area contributed by atoms with Gasteiger partial charge in [0.25, 0.3) is 0 Å². The molecule has 0 unspecified atom stereocenters. The number of anilines is 3. The summed E-state index contributed by atoms with van der Waals surface area (Å²) in [6.45, 7) is 1.44. The fourth-order valence-electron chi connectivity index (χ4n) is 1.93. The zero-order valence-electron chi connectivity index (χ0n) is 13.0. The Hall–Kier alpha value is -2.51. The number of hydrogen-bond acceptors (Lipinski definition) is 3. The van der Waals surface area contributed by atoms with Crippen molar-refractivity contribution >= 4 is 51.9 Å². The molecule has 24 heavy (non-hydrogen) atoms. The van der Waals surface area contributed by atoms with Gasteiger partial charge >= 0.3 is 0 Å². The van der Waals surface area contributed by atoms with Gasteiger partial charge in [0.05, 0.1) is 17.8 Å². The maximum Gasteiger partial charge on any atom is 0.221 e. The molecule has 0 bridgehead atoms. The molecular formula is C16H15ClN3O3S. The summed E-state index contributed by atoms with van der Waals surface area (Å²) in [5, 5.41) is 20.5. The van der Waals surface area contributed by atoms with Gasteiger partial charge in [-0.2, -0.15) is 0 Å². The van der Waals surface area contributed by atoms with E-state index in [1.807, 2.05) is 0 Å². The molecule has 1 radical (unpaired) electrons. The van der Waals surface area contributed by atoms with Crippen molar-refractivity contribution in [1.82, 2.24) is 0 Å². The topological polar surface area (TPSA) is 82.3 Å². The number of ether oxygens (including phenoxy) is 1. The number of thiocarbonyl (C=S) groups is 1. The van der Waals surface area contributed by atoms with Gasteiger partial charge in [-0.1, -0.05) is 11.6 Å². The normalized spacial score (nSPS) is 9.96. The number of carbonyl (C=O) groups is 1. The highest BCUT2D eigenvalue weighted by molar-refractivity contribution is 7.80. The lowest BCUT2D eigenvalue weighted by Gasteiger charge is -2.14. The highest BCUT2D eigenvalue weighted by Crippen LogP contribution is 2.35. The molecule has 1 amide bonds. The summed E-state index contributed by atoms with van der Waals surface area (Å²) in [4.78, 5) is 11.0. The summed E-state index contributed by atoms with van der Waals surface area (Å²) in [5.41, 5.74) is 1.90. The minimum Gasteiger partial charge on any atom is -0.494 e. The third-order valence-corrected chi connectivity index (χ3v) is 3.46. The minimum atomic E-state index is -0.327. The van der Waals surface area contributed by atoms with Crippen LogP contribution in [0.2, 0.25) is 5.02 Å². The second-order valence-electron chi connectivity index (χ2n) is 4.82. The molecule has 0 aliphatic rings. The predicted molar refractivity (Wildman–Crippen MR) is 98.7 cm³/mol. The van der Waals surface area contributed by atoms with Gasteiger partial charge in [0.1, 0.15) is 5.75 Å². The molecule has 0 heterocycles. The number of methoxy groups -OCH3 is 1. The van der Waals surface area contributed by atoms with E-state index >= 15 is 0 Å². The lowest BCUT2D eigenvalue weighted by atomic mass is 10.2. The third-order valence-electron chi connectivity index (χ3n) is 2.97. The Morgan fingerprint density at radius 1 is 1.08 bits per heavy atom. The Morgan fingerprint density at radius 3 is 2.21 bits per heavy atom. The van der Waals surface area contributed by atoms with Gasteiger partial charge in [-0.15, -0.1) is 0 Å². The molecular weight excluding hydrogens is 350 g/mol. The largest absolute Gasteiger partial charge is 0.494 e. The van der Waals surface area contributed by atoms with E-state index in [2.05, 4.69) is 16.0 Å². The Bertz CT molecular complexity index is 766. The SMILES string of the molecule is COc1cc([O])c(Cl)cc1NC(=S)Nc1ccc(NC(C)=O)cc1. The number of hydrogen-bond donors (Lipinski definition) is 3. The van der Waals surface area contributed by atoms with Crippen molar-refractivity contribution in [3.63, 3.8) is 0 Å². The zero-order chi connectivity index (χ0) is 17.7. The first-order chi connectivity index (χ1) is 11.4. The molecule has 3 N–H and O–H groups in total. The minimum absolute atomic E-state index is 0.0701. The summed E-state index contributed by atoms with van der Waals surface area (Å²) in [5.74, 6) is -0.125. The molecule has 0 saturated heterocycles. The lowest BCUT2D eigenvalue weighted by molar-refractivity contribution is -0.114. The summed E-state index contributed by atoms with van der Waals surface area (Å²) in [6, 6.07) is 9.77. The Kier molecular flexibility index (Phi) is 5.83. The lowest BCUT2D eigenvalue weighted by Crippen LogP contribution is -2.19. The van der Waals surface area contributed by atoms with Crippen molar-refractivity contribution in [2.45, 2.75) is 6.92 Å². The molecule has 0 spiro atoms. The van der Waals surface area contributed by atoms with Crippen molar-refractivity contribution in [2.75, 3.05) is 23.1 Å². The van der Waals surface area contributed by atoms with Crippen LogP contribution in [0.4, 0.5) is 17.1 Å². The van der Waals surface area contributed by atoms with Crippen molar-refractivity contribution in [3.05, 3.63) is 41.4 Å². The highest BCUT2D eigenvalue weighted by Gasteiger charge is 2.11. The summed E-state index contributed by atoms with van der Waals surface area (Å²) in [6.07, 6.45) is 0. The highest BCUT2D eigenvalue weighted by atomic mass is 35.5. The molecule has 0 aliphatic heterocycles. The first kappa shape index (κ1) is 17.8. The van der Waals surface area contributed by atoms with Crippen LogP contribution in [0.15, 0.2) is 36.4 Å². The van der Waals surface area contributed by atoms with Crippen molar-refractivity contribution in [1.29, 1.82) is 0 Å². The molecule has 2 aromatic carbocycles. The van der Waals surface area contributed by atoms with Crippen LogP contribution in [-0.4, -0.2) is 18.1 Å². The van der Waals surface area contributed by atoms with Gasteiger partial charge < -0.3 is 20.7 Å². The second kappa shape index (κ2) is 7.85. The number of benzene rings is 2. The van der Waals surface area contributed by atoms with Crippen LogP contribution in [-0.2, 0) is 9.90 Å². The van der Waals surface area contributed by atoms with Crippen molar-refractivity contribution in [2.24, 2.45) is 0 Å². The van der Waals surface area contributed by atoms with Crippen LogP contribution in [0.1, 0.15) is 6.92 Å². The molecule has 8 heteroatoms. The first-order valence-corrected chi connectivity index (χ1v) is 7.68. The van der Waals surface area contributed by atoms with Gasteiger partial charge in [-0.3, -0.25) is 9.90 Å². The van der Waals surface area contributed by atoms with Crippen LogP contribution in [0.5, 0.6) is 11.5 Å². The van der Waals surface area contributed by atoms with Crippen LogP contribution >= 0.6 is 23.8 Å². The summed E-state index contributed by atoms with van der Waals surface area (Å²) in [7, 11) is 1.45. The molecule has 0 saturated carbocycles. The number of nitrogens with one attached hydrogen (secondary N) is 3. The number of carbonyl (C=O) groups excluding carboxylic acids is 1. The monoisotopic (exact) mass is 364 g/mol. The van der Waals surface area contributed by atoms with Gasteiger partial charge in [0.15, 0.2) is 5.11 Å². The molecule has 0 atom stereocenters. The van der Waals surface area contributed by atoms with Gasteiger partial charge in [-0.05, 0) is 42.5 Å². The second-order valence-corrected chi connectivity index (χ2v) is 5.64. The van der Waals surface area contributed by atoms with Crippen LogP contribution in [0.25, 0.3) is 0 Å². The average molecular weight is 365 g/mol. The molecule has 6 nitrogen and oxygen atoms in total. The smallest absolute Gasteiger partial charge is 0.221 e. The fourth-order valence-corrected chi connectivity index (χ4v) is 2.32. The van der Waals surface area contributed by atoms with Crippen molar-refractivity contribution in [3.8, 4) is 11.5 Å². The van der Waals surface area contributed by atoms with E-state index in [0.29, 0.717) is 22.2 Å². The Morgan fingerprint density at radius 2 is 1.67 bits per heavy atom. The fraction of sp³-hybridized carbons (Fsp3) is 0.125. The van der Waals surface area contributed by atoms with Crippen LogP contribution in [0, 0.1) is 0 Å². The Labute approximate surface area is 149 Å². The molecule has 0 aromatic heterocycles. The molecule has 0 aliphatic carbocycles. The molecule has 2 rings (SSSR count). The maximum absolute atomic E-state index is 11.5. The number of halogens is 1. The van der Waals surface area contributed by atoms with E-state index in [9.17, 15) is 9.90 Å². The zero-order valence-corrected chi connectivity index (χ0v) is 14.5. The van der Waals surface area contributed by atoms with Crippen LogP contribution < -0.4 is 20.7 Å². The first-order valence-electron chi connectivity index (χ1n) is 6.89. The number of rotatable bonds is 4. The summed E-state index contributed by atoms with van der Waals surface area (Å²) >= 11 is 11.1. The Balaban J connectivity index is 2.05. The van der Waals surface area contributed by atoms with Gasteiger partial charge in [0, 0.05) is 24.4 Å². The molecule has 0 fully saturated rings. The van der Waals surface area contributed by atoms with E-state index in [4.69, 9.17) is 28.6 Å². The van der Waals surface area contributed by atoms with Gasteiger partial charge in [-0.25, -0.2) is 0 Å².